The Morgan fingerprint density at radius 3 is 2.62 bits per heavy atom. The second-order valence-electron chi connectivity index (χ2n) is 6.24. The number of likely N-dealkylation sites (tertiary alicyclic amines) is 1. The van der Waals surface area contributed by atoms with Crippen LogP contribution >= 0.6 is 0 Å². The summed E-state index contributed by atoms with van der Waals surface area (Å²) in [6, 6.07) is 11.9. The van der Waals surface area contributed by atoms with Crippen LogP contribution in [0.25, 0.3) is 0 Å². The zero-order chi connectivity index (χ0) is 17.6. The molecule has 1 saturated heterocycles. The molecule has 3 aromatic rings. The summed E-state index contributed by atoms with van der Waals surface area (Å²) < 4.78 is 11.7. The van der Waals surface area contributed by atoms with Gasteiger partial charge in [0.15, 0.2) is 0 Å². The number of hydrogen-bond donors (Lipinski definition) is 0. The lowest BCUT2D eigenvalue weighted by molar-refractivity contribution is 0.197. The molecule has 0 amide bonds. The van der Waals surface area contributed by atoms with Gasteiger partial charge >= 0.3 is 0 Å². The van der Waals surface area contributed by atoms with Gasteiger partial charge < -0.3 is 9.47 Å². The Labute approximate surface area is 152 Å². The minimum Gasteiger partial charge on any atom is -0.487 e. The minimum atomic E-state index is 0.221. The van der Waals surface area contributed by atoms with Crippen molar-refractivity contribution in [3.05, 3.63) is 72.9 Å². The Hall–Kier alpha value is -2.99. The molecule has 0 saturated carbocycles. The lowest BCUT2D eigenvalue weighted by Crippen LogP contribution is -2.24. The van der Waals surface area contributed by atoms with E-state index in [4.69, 9.17) is 9.47 Å². The molecular weight excluding hydrogens is 328 g/mol. The number of aromatic nitrogens is 3. The quantitative estimate of drug-likeness (QED) is 0.681. The maximum atomic E-state index is 5.99. The monoisotopic (exact) mass is 348 g/mol. The van der Waals surface area contributed by atoms with Crippen molar-refractivity contribution in [1.82, 2.24) is 19.9 Å². The van der Waals surface area contributed by atoms with Gasteiger partial charge in [0, 0.05) is 38.2 Å². The molecule has 1 aromatic carbocycles. The minimum absolute atomic E-state index is 0.221. The predicted octanol–water partition coefficient (Wildman–Crippen LogP) is 3.32. The van der Waals surface area contributed by atoms with Crippen molar-refractivity contribution in [2.24, 2.45) is 0 Å². The second-order valence-corrected chi connectivity index (χ2v) is 6.24. The molecule has 2 aromatic heterocycles. The van der Waals surface area contributed by atoms with Crippen LogP contribution in [0, 0.1) is 0 Å². The van der Waals surface area contributed by atoms with E-state index in [1.165, 1.54) is 5.56 Å². The molecule has 1 fully saturated rings. The van der Waals surface area contributed by atoms with Gasteiger partial charge in [-0.2, -0.15) is 0 Å². The van der Waals surface area contributed by atoms with Gasteiger partial charge in [-0.3, -0.25) is 14.9 Å². The Morgan fingerprint density at radius 2 is 1.85 bits per heavy atom. The van der Waals surface area contributed by atoms with Crippen LogP contribution < -0.4 is 9.47 Å². The highest BCUT2D eigenvalue weighted by atomic mass is 16.5. The zero-order valence-electron chi connectivity index (χ0n) is 14.4. The van der Waals surface area contributed by atoms with E-state index in [0.29, 0.717) is 5.88 Å². The molecule has 1 unspecified atom stereocenters. The maximum absolute atomic E-state index is 5.99. The van der Waals surface area contributed by atoms with E-state index in [1.807, 2.05) is 24.3 Å². The van der Waals surface area contributed by atoms with Crippen molar-refractivity contribution in [3.63, 3.8) is 0 Å². The summed E-state index contributed by atoms with van der Waals surface area (Å²) in [6.45, 7) is 2.86. The number of benzene rings is 1. The summed E-state index contributed by atoms with van der Waals surface area (Å²) in [5.41, 5.74) is 1.25. The van der Waals surface area contributed by atoms with Gasteiger partial charge in [0.1, 0.15) is 17.6 Å². The lowest BCUT2D eigenvalue weighted by Gasteiger charge is -2.17. The van der Waals surface area contributed by atoms with Gasteiger partial charge in [0.2, 0.25) is 5.88 Å². The average Bonchev–Trinajstić information content (AvgIpc) is 3.12. The van der Waals surface area contributed by atoms with E-state index in [-0.39, 0.29) is 6.10 Å². The molecule has 6 nitrogen and oxygen atoms in total. The molecule has 26 heavy (non-hydrogen) atoms. The van der Waals surface area contributed by atoms with E-state index < -0.39 is 0 Å². The standard InChI is InChI=1S/C20H20N4O2/c1-2-18(12-21-8-1)25-19-7-11-24(15-19)14-16-3-5-17(6-4-16)26-20-13-22-9-10-23-20/h1-6,8-10,12-13,19H,7,11,14-15H2. The Morgan fingerprint density at radius 1 is 0.962 bits per heavy atom. The van der Waals surface area contributed by atoms with Gasteiger partial charge in [-0.1, -0.05) is 12.1 Å². The summed E-state index contributed by atoms with van der Waals surface area (Å²) in [5, 5.41) is 0. The first kappa shape index (κ1) is 16.5. The van der Waals surface area contributed by atoms with Gasteiger partial charge in [-0.05, 0) is 36.2 Å². The zero-order valence-corrected chi connectivity index (χ0v) is 14.4. The Kier molecular flexibility index (Phi) is 5.02. The first-order valence-electron chi connectivity index (χ1n) is 8.67. The van der Waals surface area contributed by atoms with Crippen molar-refractivity contribution in [2.75, 3.05) is 13.1 Å². The summed E-state index contributed by atoms with van der Waals surface area (Å²) >= 11 is 0. The van der Waals surface area contributed by atoms with Crippen LogP contribution in [0.1, 0.15) is 12.0 Å². The van der Waals surface area contributed by atoms with Crippen LogP contribution in [0.2, 0.25) is 0 Å². The van der Waals surface area contributed by atoms with Crippen molar-refractivity contribution >= 4 is 0 Å². The summed E-state index contributed by atoms with van der Waals surface area (Å²) in [7, 11) is 0. The van der Waals surface area contributed by atoms with Crippen molar-refractivity contribution in [2.45, 2.75) is 19.1 Å². The van der Waals surface area contributed by atoms with Gasteiger partial charge in [-0.15, -0.1) is 0 Å². The third kappa shape index (κ3) is 4.34. The number of hydrogen-bond acceptors (Lipinski definition) is 6. The smallest absolute Gasteiger partial charge is 0.237 e. The molecule has 1 atom stereocenters. The van der Waals surface area contributed by atoms with Crippen LogP contribution in [0.4, 0.5) is 0 Å². The van der Waals surface area contributed by atoms with Crippen LogP contribution in [-0.4, -0.2) is 39.0 Å². The fourth-order valence-corrected chi connectivity index (χ4v) is 3.03. The molecule has 4 rings (SSSR count). The summed E-state index contributed by atoms with van der Waals surface area (Å²) in [4.78, 5) is 14.6. The highest BCUT2D eigenvalue weighted by Gasteiger charge is 2.24. The van der Waals surface area contributed by atoms with Crippen LogP contribution in [0.3, 0.4) is 0 Å². The van der Waals surface area contributed by atoms with Crippen LogP contribution in [-0.2, 0) is 6.54 Å². The number of pyridine rings is 1. The predicted molar refractivity (Wildman–Crippen MR) is 97.1 cm³/mol. The van der Waals surface area contributed by atoms with Crippen LogP contribution in [0.5, 0.6) is 17.4 Å². The number of nitrogens with zero attached hydrogens (tertiary/aromatic N) is 4. The maximum Gasteiger partial charge on any atom is 0.237 e. The molecule has 0 spiro atoms. The topological polar surface area (TPSA) is 60.4 Å². The van der Waals surface area contributed by atoms with Crippen molar-refractivity contribution in [3.8, 4) is 17.4 Å². The second kappa shape index (κ2) is 7.93. The first-order chi connectivity index (χ1) is 12.8. The highest BCUT2D eigenvalue weighted by Crippen LogP contribution is 2.22. The molecule has 132 valence electrons. The molecular formula is C20H20N4O2. The Bertz CT molecular complexity index is 812. The molecule has 6 heteroatoms. The molecule has 0 aliphatic carbocycles. The van der Waals surface area contributed by atoms with Crippen molar-refractivity contribution < 1.29 is 9.47 Å². The highest BCUT2D eigenvalue weighted by molar-refractivity contribution is 5.30. The molecule has 1 aliphatic heterocycles. The van der Waals surface area contributed by atoms with E-state index in [1.54, 1.807) is 31.0 Å². The first-order valence-corrected chi connectivity index (χ1v) is 8.67. The van der Waals surface area contributed by atoms with E-state index in [0.717, 1.165) is 37.6 Å². The summed E-state index contributed by atoms with van der Waals surface area (Å²) in [5.74, 6) is 2.09. The molecule has 0 radical (unpaired) electrons. The average molecular weight is 348 g/mol. The van der Waals surface area contributed by atoms with Crippen LogP contribution in [0.15, 0.2) is 67.4 Å². The lowest BCUT2D eigenvalue weighted by atomic mass is 10.2. The Balaban J connectivity index is 1.29. The van der Waals surface area contributed by atoms with E-state index in [2.05, 4.69) is 32.0 Å². The largest absolute Gasteiger partial charge is 0.487 e. The number of ether oxygens (including phenoxy) is 2. The third-order valence-corrected chi connectivity index (χ3v) is 4.26. The van der Waals surface area contributed by atoms with E-state index in [9.17, 15) is 0 Å². The molecule has 0 bridgehead atoms. The normalized spacial score (nSPS) is 17.2. The molecule has 1 aliphatic rings. The fraction of sp³-hybridized carbons (Fsp3) is 0.250. The number of rotatable bonds is 6. The van der Waals surface area contributed by atoms with Gasteiger partial charge in [0.25, 0.3) is 0 Å². The third-order valence-electron chi connectivity index (χ3n) is 4.26. The molecule has 3 heterocycles. The van der Waals surface area contributed by atoms with Gasteiger partial charge in [0.05, 0.1) is 12.4 Å². The van der Waals surface area contributed by atoms with Crippen molar-refractivity contribution in [1.29, 1.82) is 0 Å². The fourth-order valence-electron chi connectivity index (χ4n) is 3.03. The van der Waals surface area contributed by atoms with Gasteiger partial charge in [-0.25, -0.2) is 4.98 Å². The summed E-state index contributed by atoms with van der Waals surface area (Å²) in [6.07, 6.45) is 9.60. The molecule has 0 N–H and O–H groups in total. The van der Waals surface area contributed by atoms with E-state index >= 15 is 0 Å². The SMILES string of the molecule is c1cncc(OC2CCN(Cc3ccc(Oc4cnccn4)cc3)C2)c1.